The van der Waals surface area contributed by atoms with Crippen LogP contribution in [0.4, 0.5) is 5.69 Å². The SMILES string of the molecule is O=C(C=CC#Cc1ccc(S(=O)(=O)Nc2ccccc2)cc1)NO. The summed E-state index contributed by atoms with van der Waals surface area (Å²) in [5.74, 6) is 4.65. The molecule has 6 nitrogen and oxygen atoms in total. The van der Waals surface area contributed by atoms with Crippen LogP contribution in [0.2, 0.25) is 0 Å². The van der Waals surface area contributed by atoms with Gasteiger partial charge in [0.2, 0.25) is 0 Å². The fourth-order valence-corrected chi connectivity index (χ4v) is 2.78. The summed E-state index contributed by atoms with van der Waals surface area (Å²) in [6, 6.07) is 14.6. The van der Waals surface area contributed by atoms with E-state index in [0.717, 1.165) is 6.08 Å². The minimum atomic E-state index is -3.66. The molecule has 0 aliphatic carbocycles. The van der Waals surface area contributed by atoms with Crippen LogP contribution in [0.1, 0.15) is 5.56 Å². The van der Waals surface area contributed by atoms with E-state index in [1.165, 1.54) is 23.7 Å². The van der Waals surface area contributed by atoms with Gasteiger partial charge in [-0.15, -0.1) is 0 Å². The van der Waals surface area contributed by atoms with Crippen molar-refractivity contribution in [2.24, 2.45) is 0 Å². The normalized spacial score (nSPS) is 10.7. The first-order valence-corrected chi connectivity index (χ1v) is 8.30. The smallest absolute Gasteiger partial charge is 0.267 e. The average molecular weight is 342 g/mol. The molecule has 0 aliphatic heterocycles. The Kier molecular flexibility index (Phi) is 5.73. The molecule has 0 aliphatic rings. The number of hydrogen-bond acceptors (Lipinski definition) is 4. The molecule has 2 aromatic rings. The Bertz CT molecular complexity index is 893. The molecule has 0 bridgehead atoms. The van der Waals surface area contributed by atoms with Crippen LogP contribution in [-0.4, -0.2) is 19.5 Å². The Morgan fingerprint density at radius 3 is 2.33 bits per heavy atom. The number of sulfonamides is 1. The summed E-state index contributed by atoms with van der Waals surface area (Å²) >= 11 is 0. The monoisotopic (exact) mass is 342 g/mol. The molecule has 7 heteroatoms. The maximum absolute atomic E-state index is 12.3. The molecule has 0 atom stereocenters. The van der Waals surface area contributed by atoms with Gasteiger partial charge in [0.25, 0.3) is 15.9 Å². The summed E-state index contributed by atoms with van der Waals surface area (Å²) in [6.45, 7) is 0. The molecule has 0 heterocycles. The van der Waals surface area contributed by atoms with Crippen LogP contribution < -0.4 is 10.2 Å². The number of allylic oxidation sites excluding steroid dienone is 1. The van der Waals surface area contributed by atoms with E-state index in [0.29, 0.717) is 11.3 Å². The largest absolute Gasteiger partial charge is 0.288 e. The zero-order valence-electron chi connectivity index (χ0n) is 12.4. The van der Waals surface area contributed by atoms with Crippen molar-refractivity contribution in [3.8, 4) is 11.8 Å². The Hall–Kier alpha value is -3.08. The maximum atomic E-state index is 12.3. The van der Waals surface area contributed by atoms with Crippen molar-refractivity contribution in [1.29, 1.82) is 0 Å². The van der Waals surface area contributed by atoms with E-state index in [2.05, 4.69) is 16.6 Å². The lowest BCUT2D eigenvalue weighted by atomic mass is 10.2. The molecule has 0 aromatic heterocycles. The van der Waals surface area contributed by atoms with Gasteiger partial charge in [0.05, 0.1) is 4.90 Å². The van der Waals surface area contributed by atoms with Crippen LogP contribution in [-0.2, 0) is 14.8 Å². The summed E-state index contributed by atoms with van der Waals surface area (Å²) in [7, 11) is -3.66. The molecule has 0 saturated heterocycles. The van der Waals surface area contributed by atoms with Gasteiger partial charge < -0.3 is 0 Å². The van der Waals surface area contributed by atoms with Crippen LogP contribution in [0.5, 0.6) is 0 Å². The first kappa shape index (κ1) is 17.3. The van der Waals surface area contributed by atoms with Crippen molar-refractivity contribution in [2.75, 3.05) is 4.72 Å². The summed E-state index contributed by atoms with van der Waals surface area (Å²) < 4.78 is 27.0. The van der Waals surface area contributed by atoms with Crippen molar-refractivity contribution in [3.05, 3.63) is 72.3 Å². The number of benzene rings is 2. The lowest BCUT2D eigenvalue weighted by Crippen LogP contribution is -2.14. The number of para-hydroxylation sites is 1. The number of nitrogens with one attached hydrogen (secondary N) is 2. The molecule has 0 radical (unpaired) electrons. The maximum Gasteiger partial charge on any atom is 0.267 e. The second kappa shape index (κ2) is 7.97. The summed E-state index contributed by atoms with van der Waals surface area (Å²) in [4.78, 5) is 10.9. The molecule has 1 amide bonds. The highest BCUT2D eigenvalue weighted by molar-refractivity contribution is 7.92. The summed E-state index contributed by atoms with van der Waals surface area (Å²) in [6.07, 6.45) is 2.34. The first-order chi connectivity index (χ1) is 11.5. The third-order valence-electron chi connectivity index (χ3n) is 2.84. The highest BCUT2D eigenvalue weighted by Crippen LogP contribution is 2.15. The fourth-order valence-electron chi connectivity index (χ4n) is 1.72. The van der Waals surface area contributed by atoms with Crippen LogP contribution in [0.3, 0.4) is 0 Å². The van der Waals surface area contributed by atoms with E-state index >= 15 is 0 Å². The van der Waals surface area contributed by atoms with Gasteiger partial charge >= 0.3 is 0 Å². The van der Waals surface area contributed by atoms with E-state index in [9.17, 15) is 13.2 Å². The average Bonchev–Trinajstić information content (AvgIpc) is 2.59. The van der Waals surface area contributed by atoms with Crippen molar-refractivity contribution in [2.45, 2.75) is 4.90 Å². The zero-order chi connectivity index (χ0) is 17.4. The Morgan fingerprint density at radius 2 is 1.71 bits per heavy atom. The van der Waals surface area contributed by atoms with Crippen molar-refractivity contribution < 1.29 is 18.4 Å². The van der Waals surface area contributed by atoms with E-state index in [1.807, 2.05) is 0 Å². The highest BCUT2D eigenvalue weighted by atomic mass is 32.2. The zero-order valence-corrected chi connectivity index (χ0v) is 13.2. The van der Waals surface area contributed by atoms with Gasteiger partial charge in [0.1, 0.15) is 0 Å². The van der Waals surface area contributed by atoms with Crippen molar-refractivity contribution >= 4 is 21.6 Å². The molecule has 0 unspecified atom stereocenters. The number of carbonyl (C=O) groups is 1. The Labute approximate surface area is 139 Å². The molecular weight excluding hydrogens is 328 g/mol. The molecule has 0 fully saturated rings. The lowest BCUT2D eigenvalue weighted by molar-refractivity contribution is -0.124. The van der Waals surface area contributed by atoms with Gasteiger partial charge in [-0.25, -0.2) is 13.9 Å². The van der Waals surface area contributed by atoms with Gasteiger partial charge in [0, 0.05) is 17.3 Å². The molecule has 122 valence electrons. The van der Waals surface area contributed by atoms with E-state index in [1.54, 1.807) is 42.5 Å². The minimum absolute atomic E-state index is 0.118. The van der Waals surface area contributed by atoms with Crippen LogP contribution in [0.25, 0.3) is 0 Å². The van der Waals surface area contributed by atoms with Crippen LogP contribution in [0, 0.1) is 11.8 Å². The molecular formula is C17H14N2O4S. The third kappa shape index (κ3) is 4.98. The summed E-state index contributed by atoms with van der Waals surface area (Å²) in [5.41, 5.74) is 2.51. The third-order valence-corrected chi connectivity index (χ3v) is 4.23. The quantitative estimate of drug-likeness (QED) is 0.342. The standard InChI is InChI=1S/C17H14N2O4S/c20-17(18-21)9-5-4-6-14-10-12-16(13-11-14)24(22,23)19-15-7-2-1-3-8-15/h1-3,5,7-13,19,21H,(H,18,20). The number of anilines is 1. The Balaban J connectivity index is 2.10. The number of rotatable bonds is 4. The van der Waals surface area contributed by atoms with Gasteiger partial charge in [-0.3, -0.25) is 14.7 Å². The van der Waals surface area contributed by atoms with Gasteiger partial charge in [-0.1, -0.05) is 30.0 Å². The van der Waals surface area contributed by atoms with Gasteiger partial charge in [-0.05, 0) is 42.5 Å². The van der Waals surface area contributed by atoms with Crippen molar-refractivity contribution in [1.82, 2.24) is 5.48 Å². The van der Waals surface area contributed by atoms with E-state index in [4.69, 9.17) is 5.21 Å². The number of hydrogen-bond donors (Lipinski definition) is 3. The molecule has 2 rings (SSSR count). The number of carbonyl (C=O) groups excluding carboxylic acids is 1. The molecule has 24 heavy (non-hydrogen) atoms. The van der Waals surface area contributed by atoms with E-state index < -0.39 is 15.9 Å². The topological polar surface area (TPSA) is 95.5 Å². The highest BCUT2D eigenvalue weighted by Gasteiger charge is 2.13. The van der Waals surface area contributed by atoms with Crippen LogP contribution in [0.15, 0.2) is 71.6 Å². The van der Waals surface area contributed by atoms with Crippen molar-refractivity contribution in [3.63, 3.8) is 0 Å². The molecule has 0 saturated carbocycles. The predicted octanol–water partition coefficient (Wildman–Crippen LogP) is 1.90. The Morgan fingerprint density at radius 1 is 1.04 bits per heavy atom. The number of amides is 1. The second-order valence-electron chi connectivity index (χ2n) is 4.57. The van der Waals surface area contributed by atoms with Gasteiger partial charge in [-0.2, -0.15) is 0 Å². The summed E-state index contributed by atoms with van der Waals surface area (Å²) in [5, 5.41) is 8.30. The fraction of sp³-hybridized carbons (Fsp3) is 0. The number of hydroxylamine groups is 1. The molecule has 3 N–H and O–H groups in total. The molecule has 0 spiro atoms. The predicted molar refractivity (Wildman–Crippen MR) is 89.6 cm³/mol. The minimum Gasteiger partial charge on any atom is -0.288 e. The lowest BCUT2D eigenvalue weighted by Gasteiger charge is -2.07. The van der Waals surface area contributed by atoms with E-state index in [-0.39, 0.29) is 4.90 Å². The molecule has 2 aromatic carbocycles. The first-order valence-electron chi connectivity index (χ1n) is 6.81. The second-order valence-corrected chi connectivity index (χ2v) is 6.26. The van der Waals surface area contributed by atoms with Crippen LogP contribution >= 0.6 is 0 Å². The van der Waals surface area contributed by atoms with Gasteiger partial charge in [0.15, 0.2) is 0 Å².